The van der Waals surface area contributed by atoms with Crippen LogP contribution in [0.4, 0.5) is 19.5 Å². The van der Waals surface area contributed by atoms with Gasteiger partial charge in [-0.3, -0.25) is 5.32 Å². The van der Waals surface area contributed by atoms with Crippen LogP contribution < -0.4 is 10.1 Å². The first-order valence-corrected chi connectivity index (χ1v) is 9.19. The standard InChI is InChI=1S/C8H8O2.C7H5BrF2N4O4S/c1-10-8(9)7-5-3-2-4-6-7;1-3-2-4(18-7(8,9)10)12-5(11-3)13-6(15)14-19(16)17/h2-6H,1H3;2H,1H3,(H,11,12,13,15). The summed E-state index contributed by atoms with van der Waals surface area (Å²) in [7, 11) is -1.58. The summed E-state index contributed by atoms with van der Waals surface area (Å²) in [6, 6.07) is 8.70. The van der Waals surface area contributed by atoms with Gasteiger partial charge in [0.15, 0.2) is 0 Å². The number of hydrogen-bond donors (Lipinski definition) is 1. The highest BCUT2D eigenvalue weighted by molar-refractivity contribution is 9.09. The molecule has 0 radical (unpaired) electrons. The molecule has 1 N–H and O–H groups in total. The number of methoxy groups -OCH3 is 1. The number of aryl methyl sites for hydroxylation is 1. The third kappa shape index (κ3) is 10.2. The summed E-state index contributed by atoms with van der Waals surface area (Å²) in [5, 5.41) is -1.76. The second kappa shape index (κ2) is 11.1. The summed E-state index contributed by atoms with van der Waals surface area (Å²) < 4.78 is 56.6. The fraction of sp³-hybridized carbons (Fsp3) is 0.200. The average molecular weight is 495 g/mol. The molecule has 10 nitrogen and oxygen atoms in total. The maximum absolute atomic E-state index is 12.6. The topological polar surface area (TPSA) is 137 Å². The summed E-state index contributed by atoms with van der Waals surface area (Å²) in [6.45, 7) is 1.43. The van der Waals surface area contributed by atoms with Gasteiger partial charge in [-0.2, -0.15) is 22.2 Å². The van der Waals surface area contributed by atoms with Crippen LogP contribution in [0.15, 0.2) is 40.8 Å². The van der Waals surface area contributed by atoms with E-state index in [1.54, 1.807) is 24.3 Å². The average Bonchev–Trinajstić information content (AvgIpc) is 2.59. The smallest absolute Gasteiger partial charge is 0.460 e. The van der Waals surface area contributed by atoms with Crippen LogP contribution >= 0.6 is 15.9 Å². The predicted octanol–water partition coefficient (Wildman–Crippen LogP) is 3.18. The van der Waals surface area contributed by atoms with Gasteiger partial charge in [-0.1, -0.05) is 22.6 Å². The van der Waals surface area contributed by atoms with Crippen molar-refractivity contribution < 1.29 is 36.3 Å². The van der Waals surface area contributed by atoms with Crippen LogP contribution in [0.5, 0.6) is 5.88 Å². The molecule has 2 rings (SSSR count). The number of alkyl halides is 3. The van der Waals surface area contributed by atoms with E-state index in [0.717, 1.165) is 6.07 Å². The lowest BCUT2D eigenvalue weighted by Gasteiger charge is -2.11. The first-order valence-electron chi connectivity index (χ1n) is 7.37. The first kappa shape index (κ1) is 24.0. The Bertz CT molecular complexity index is 992. The van der Waals surface area contributed by atoms with Crippen LogP contribution in [0, 0.1) is 6.92 Å². The molecule has 0 saturated heterocycles. The molecule has 0 fully saturated rings. The lowest BCUT2D eigenvalue weighted by molar-refractivity contribution is -0.0830. The van der Waals surface area contributed by atoms with Crippen molar-refractivity contribution in [2.75, 3.05) is 12.4 Å². The monoisotopic (exact) mass is 494 g/mol. The Balaban J connectivity index is 0.000000352. The molecule has 0 aliphatic rings. The van der Waals surface area contributed by atoms with Crippen molar-refractivity contribution in [3.05, 3.63) is 47.7 Å². The summed E-state index contributed by atoms with van der Waals surface area (Å²) in [5.41, 5.74) is 0.797. The van der Waals surface area contributed by atoms with Crippen LogP contribution in [0.25, 0.3) is 0 Å². The molecule has 0 atom stereocenters. The number of esters is 1. The Labute approximate surface area is 173 Å². The molecule has 0 saturated carbocycles. The molecule has 2 aromatic rings. The van der Waals surface area contributed by atoms with E-state index in [1.807, 2.05) is 27.3 Å². The van der Waals surface area contributed by atoms with Gasteiger partial charge in [0.1, 0.15) is 0 Å². The van der Waals surface area contributed by atoms with Crippen molar-refractivity contribution >= 4 is 44.4 Å². The van der Waals surface area contributed by atoms with E-state index < -0.39 is 33.4 Å². The van der Waals surface area contributed by atoms with Crippen molar-refractivity contribution in [1.82, 2.24) is 9.97 Å². The van der Waals surface area contributed by atoms with E-state index in [-0.39, 0.29) is 11.7 Å². The molecule has 0 bridgehead atoms. The minimum atomic E-state index is -3.64. The van der Waals surface area contributed by atoms with Crippen molar-refractivity contribution in [2.24, 2.45) is 4.36 Å². The van der Waals surface area contributed by atoms with E-state index in [1.165, 1.54) is 14.0 Å². The van der Waals surface area contributed by atoms with Gasteiger partial charge in [0.25, 0.3) is 0 Å². The zero-order chi connectivity index (χ0) is 22.0. The molecule has 1 aromatic heterocycles. The van der Waals surface area contributed by atoms with Gasteiger partial charge in [-0.15, -0.1) is 0 Å². The second-order valence-corrected chi connectivity index (χ2v) is 6.36. The fourth-order valence-corrected chi connectivity index (χ4v) is 1.99. The number of halogens is 3. The predicted molar refractivity (Wildman–Crippen MR) is 99.4 cm³/mol. The van der Waals surface area contributed by atoms with Crippen molar-refractivity contribution in [1.29, 1.82) is 0 Å². The number of ether oxygens (including phenoxy) is 2. The number of amides is 2. The fourth-order valence-electron chi connectivity index (χ4n) is 1.64. The number of rotatable bonds is 4. The van der Waals surface area contributed by atoms with E-state index >= 15 is 0 Å². The van der Waals surface area contributed by atoms with Crippen LogP contribution in [-0.2, 0) is 15.2 Å². The minimum Gasteiger partial charge on any atom is -0.465 e. The Kier molecular flexibility index (Phi) is 9.21. The second-order valence-electron chi connectivity index (χ2n) is 4.82. The number of nitrogens with one attached hydrogen (secondary N) is 1. The normalized spacial score (nSPS) is 10.1. The Morgan fingerprint density at radius 2 is 1.83 bits per heavy atom. The largest absolute Gasteiger partial charge is 0.465 e. The highest BCUT2D eigenvalue weighted by Gasteiger charge is 2.27. The van der Waals surface area contributed by atoms with Crippen molar-refractivity contribution in [3.63, 3.8) is 0 Å². The molecule has 14 heteroatoms. The first-order chi connectivity index (χ1) is 13.5. The zero-order valence-corrected chi connectivity index (χ0v) is 17.2. The van der Waals surface area contributed by atoms with Gasteiger partial charge in [-0.25, -0.2) is 14.6 Å². The zero-order valence-electron chi connectivity index (χ0n) is 14.8. The molecule has 29 heavy (non-hydrogen) atoms. The molecule has 0 aliphatic heterocycles. The molecule has 0 aliphatic carbocycles. The van der Waals surface area contributed by atoms with E-state index in [2.05, 4.69) is 23.8 Å². The molecule has 156 valence electrons. The number of carbonyl (C=O) groups excluding carboxylic acids is 2. The molecule has 2 amide bonds. The number of benzene rings is 1. The Hall–Kier alpha value is -3.00. The SMILES string of the molecule is COC(=O)c1ccccc1.Cc1cc(OC(F)(F)Br)nc(NC(=O)N=S(=O)=O)n1. The number of hydrogen-bond acceptors (Lipinski definition) is 8. The third-order valence-electron chi connectivity index (χ3n) is 2.62. The van der Waals surface area contributed by atoms with Crippen molar-refractivity contribution in [3.8, 4) is 5.88 Å². The quantitative estimate of drug-likeness (QED) is 0.505. The van der Waals surface area contributed by atoms with Crippen LogP contribution in [-0.4, -0.2) is 42.5 Å². The Morgan fingerprint density at radius 3 is 2.34 bits per heavy atom. The van der Waals surface area contributed by atoms with E-state index in [0.29, 0.717) is 5.56 Å². The molecule has 1 aromatic carbocycles. The molecule has 0 unspecified atom stereocenters. The highest BCUT2D eigenvalue weighted by atomic mass is 79.9. The number of urea groups is 1. The Morgan fingerprint density at radius 1 is 1.21 bits per heavy atom. The lowest BCUT2D eigenvalue weighted by Crippen LogP contribution is -2.17. The van der Waals surface area contributed by atoms with E-state index in [9.17, 15) is 26.8 Å². The molecular weight excluding hydrogens is 482 g/mol. The minimum absolute atomic E-state index is 0.209. The summed E-state index contributed by atoms with van der Waals surface area (Å²) in [5.74, 6) is -1.24. The van der Waals surface area contributed by atoms with Gasteiger partial charge in [-0.05, 0) is 19.1 Å². The lowest BCUT2D eigenvalue weighted by atomic mass is 10.2. The van der Waals surface area contributed by atoms with Gasteiger partial charge in [0.2, 0.25) is 11.8 Å². The number of aromatic nitrogens is 2. The molecular formula is C15H13BrF2N4O6S. The molecule has 0 spiro atoms. The van der Waals surface area contributed by atoms with Crippen LogP contribution in [0.3, 0.4) is 0 Å². The summed E-state index contributed by atoms with van der Waals surface area (Å²) in [4.78, 5) is 28.9. The van der Waals surface area contributed by atoms with Gasteiger partial charge >= 0.3 is 27.5 Å². The van der Waals surface area contributed by atoms with Crippen LogP contribution in [0.2, 0.25) is 0 Å². The summed E-state index contributed by atoms with van der Waals surface area (Å²) in [6.07, 6.45) is 0. The third-order valence-corrected chi connectivity index (χ3v) is 3.10. The number of anilines is 1. The van der Waals surface area contributed by atoms with Gasteiger partial charge in [0.05, 0.1) is 12.7 Å². The molecule has 1 heterocycles. The number of carbonyl (C=O) groups is 2. The van der Waals surface area contributed by atoms with Gasteiger partial charge in [0, 0.05) is 27.7 Å². The van der Waals surface area contributed by atoms with E-state index in [4.69, 9.17) is 0 Å². The summed E-state index contributed by atoms with van der Waals surface area (Å²) >= 11 is 1.94. The van der Waals surface area contributed by atoms with Crippen LogP contribution in [0.1, 0.15) is 16.1 Å². The number of nitrogens with zero attached hydrogens (tertiary/aromatic N) is 3. The highest BCUT2D eigenvalue weighted by Crippen LogP contribution is 2.26. The van der Waals surface area contributed by atoms with Gasteiger partial charge < -0.3 is 9.47 Å². The maximum Gasteiger partial charge on any atom is 0.460 e. The maximum atomic E-state index is 12.6. The van der Waals surface area contributed by atoms with Crippen molar-refractivity contribution in [2.45, 2.75) is 11.9 Å².